The maximum absolute atomic E-state index is 8.56. The van der Waals surface area contributed by atoms with Crippen molar-refractivity contribution in [2.45, 2.75) is 18.8 Å². The molecular weight excluding hydrogens is 226 g/mol. The fourth-order valence-corrected chi connectivity index (χ4v) is 2.27. The second kappa shape index (κ2) is 5.78. The van der Waals surface area contributed by atoms with Crippen molar-refractivity contribution < 1.29 is 0 Å². The van der Waals surface area contributed by atoms with Gasteiger partial charge in [-0.2, -0.15) is 10.4 Å². The van der Waals surface area contributed by atoms with Crippen molar-refractivity contribution in [2.24, 2.45) is 0 Å². The summed E-state index contributed by atoms with van der Waals surface area (Å²) in [7, 11) is 4.07. The van der Waals surface area contributed by atoms with Crippen LogP contribution in [-0.4, -0.2) is 48.8 Å². The SMILES string of the molecule is CN1CCC(c2ccc(N(C)CCC#N)nn2)C1. The van der Waals surface area contributed by atoms with Crippen LogP contribution >= 0.6 is 0 Å². The number of hydrogen-bond acceptors (Lipinski definition) is 5. The Labute approximate surface area is 108 Å². The number of nitrogens with zero attached hydrogens (tertiary/aromatic N) is 5. The molecule has 1 fully saturated rings. The molecule has 0 bridgehead atoms. The molecule has 1 unspecified atom stereocenters. The molecule has 5 nitrogen and oxygen atoms in total. The normalized spacial score (nSPS) is 19.7. The number of anilines is 1. The first-order valence-corrected chi connectivity index (χ1v) is 6.31. The maximum Gasteiger partial charge on any atom is 0.151 e. The summed E-state index contributed by atoms with van der Waals surface area (Å²) in [5.41, 5.74) is 1.08. The molecule has 0 amide bonds. The van der Waals surface area contributed by atoms with E-state index < -0.39 is 0 Å². The van der Waals surface area contributed by atoms with E-state index in [1.807, 2.05) is 18.0 Å². The van der Waals surface area contributed by atoms with Crippen LogP contribution in [0.5, 0.6) is 0 Å². The summed E-state index contributed by atoms with van der Waals surface area (Å²) in [6.07, 6.45) is 1.67. The Bertz CT molecular complexity index is 422. The fraction of sp³-hybridized carbons (Fsp3) is 0.615. The molecule has 1 aliphatic rings. The topological polar surface area (TPSA) is 56.0 Å². The van der Waals surface area contributed by atoms with E-state index >= 15 is 0 Å². The van der Waals surface area contributed by atoms with E-state index in [-0.39, 0.29) is 0 Å². The summed E-state index contributed by atoms with van der Waals surface area (Å²) >= 11 is 0. The fourth-order valence-electron chi connectivity index (χ4n) is 2.27. The average molecular weight is 245 g/mol. The maximum atomic E-state index is 8.56. The molecule has 0 N–H and O–H groups in total. The molecule has 2 heterocycles. The number of rotatable bonds is 4. The molecular formula is C13H19N5. The predicted octanol–water partition coefficient (Wildman–Crippen LogP) is 1.25. The number of hydrogen-bond donors (Lipinski definition) is 0. The van der Waals surface area contributed by atoms with Gasteiger partial charge < -0.3 is 9.80 Å². The van der Waals surface area contributed by atoms with Crippen molar-refractivity contribution in [1.82, 2.24) is 15.1 Å². The predicted molar refractivity (Wildman–Crippen MR) is 70.4 cm³/mol. The summed E-state index contributed by atoms with van der Waals surface area (Å²) in [6.45, 7) is 2.89. The van der Waals surface area contributed by atoms with Crippen LogP contribution < -0.4 is 4.90 Å². The molecule has 1 saturated heterocycles. The molecule has 96 valence electrons. The third-order valence-corrected chi connectivity index (χ3v) is 3.43. The monoisotopic (exact) mass is 245 g/mol. The highest BCUT2D eigenvalue weighted by molar-refractivity contribution is 5.36. The largest absolute Gasteiger partial charge is 0.357 e. The van der Waals surface area contributed by atoms with Crippen molar-refractivity contribution in [1.29, 1.82) is 5.26 Å². The van der Waals surface area contributed by atoms with Crippen molar-refractivity contribution >= 4 is 5.82 Å². The zero-order valence-corrected chi connectivity index (χ0v) is 11.0. The lowest BCUT2D eigenvalue weighted by Gasteiger charge is -2.16. The van der Waals surface area contributed by atoms with Gasteiger partial charge in [0.15, 0.2) is 5.82 Å². The van der Waals surface area contributed by atoms with E-state index in [0.717, 1.165) is 31.0 Å². The second-order valence-electron chi connectivity index (χ2n) is 4.89. The van der Waals surface area contributed by atoms with Gasteiger partial charge >= 0.3 is 0 Å². The summed E-state index contributed by atoms with van der Waals surface area (Å²) in [5, 5.41) is 17.1. The summed E-state index contributed by atoms with van der Waals surface area (Å²) in [4.78, 5) is 4.28. The Morgan fingerprint density at radius 1 is 1.50 bits per heavy atom. The first kappa shape index (κ1) is 12.8. The molecule has 1 aliphatic heterocycles. The molecule has 0 saturated carbocycles. The molecule has 0 radical (unpaired) electrons. The van der Waals surface area contributed by atoms with E-state index in [0.29, 0.717) is 18.9 Å². The van der Waals surface area contributed by atoms with Crippen molar-refractivity contribution in [3.8, 4) is 6.07 Å². The Kier molecular flexibility index (Phi) is 4.11. The van der Waals surface area contributed by atoms with Crippen LogP contribution in [0, 0.1) is 11.3 Å². The first-order valence-electron chi connectivity index (χ1n) is 6.31. The van der Waals surface area contributed by atoms with Gasteiger partial charge in [0.05, 0.1) is 18.2 Å². The lowest BCUT2D eigenvalue weighted by atomic mass is 10.1. The van der Waals surface area contributed by atoms with Crippen molar-refractivity contribution in [3.63, 3.8) is 0 Å². The zero-order valence-electron chi connectivity index (χ0n) is 11.0. The minimum atomic E-state index is 0.507. The van der Waals surface area contributed by atoms with Gasteiger partial charge in [-0.1, -0.05) is 0 Å². The van der Waals surface area contributed by atoms with Crippen molar-refractivity contribution in [3.05, 3.63) is 17.8 Å². The Hall–Kier alpha value is -1.67. The average Bonchev–Trinajstić information content (AvgIpc) is 2.83. The molecule has 0 aromatic carbocycles. The smallest absolute Gasteiger partial charge is 0.151 e. The van der Waals surface area contributed by atoms with Gasteiger partial charge in [0.25, 0.3) is 0 Å². The lowest BCUT2D eigenvalue weighted by Crippen LogP contribution is -2.20. The highest BCUT2D eigenvalue weighted by Gasteiger charge is 2.22. The van der Waals surface area contributed by atoms with Crippen molar-refractivity contribution in [2.75, 3.05) is 38.6 Å². The minimum Gasteiger partial charge on any atom is -0.357 e. The number of aromatic nitrogens is 2. The molecule has 18 heavy (non-hydrogen) atoms. The second-order valence-corrected chi connectivity index (χ2v) is 4.89. The summed E-state index contributed by atoms with van der Waals surface area (Å²) in [6, 6.07) is 6.20. The number of likely N-dealkylation sites (N-methyl/N-ethyl adjacent to an activating group) is 1. The van der Waals surface area contributed by atoms with Crippen LogP contribution in [0.4, 0.5) is 5.82 Å². The third-order valence-electron chi connectivity index (χ3n) is 3.43. The van der Waals surface area contributed by atoms with Crippen LogP contribution in [0.1, 0.15) is 24.5 Å². The van der Waals surface area contributed by atoms with Crippen LogP contribution in [0.25, 0.3) is 0 Å². The minimum absolute atomic E-state index is 0.507. The van der Waals surface area contributed by atoms with E-state index in [4.69, 9.17) is 5.26 Å². The Morgan fingerprint density at radius 2 is 2.33 bits per heavy atom. The molecule has 5 heteroatoms. The highest BCUT2D eigenvalue weighted by Crippen LogP contribution is 2.24. The molecule has 0 aliphatic carbocycles. The lowest BCUT2D eigenvalue weighted by molar-refractivity contribution is 0.410. The molecule has 1 aromatic rings. The first-order chi connectivity index (χ1) is 8.70. The van der Waals surface area contributed by atoms with E-state index in [1.54, 1.807) is 0 Å². The van der Waals surface area contributed by atoms with Gasteiger partial charge in [0, 0.05) is 26.1 Å². The summed E-state index contributed by atoms with van der Waals surface area (Å²) < 4.78 is 0. The summed E-state index contributed by atoms with van der Waals surface area (Å²) in [5.74, 6) is 1.35. The van der Waals surface area contributed by atoms with E-state index in [9.17, 15) is 0 Å². The van der Waals surface area contributed by atoms with Gasteiger partial charge in [-0.15, -0.1) is 5.10 Å². The van der Waals surface area contributed by atoms with Gasteiger partial charge in [-0.05, 0) is 32.1 Å². The highest BCUT2D eigenvalue weighted by atomic mass is 15.2. The van der Waals surface area contributed by atoms with E-state index in [2.05, 4.69) is 34.3 Å². The van der Waals surface area contributed by atoms with E-state index in [1.165, 1.54) is 0 Å². The van der Waals surface area contributed by atoms with Crippen LogP contribution in [0.2, 0.25) is 0 Å². The van der Waals surface area contributed by atoms with Crippen LogP contribution in [-0.2, 0) is 0 Å². The quantitative estimate of drug-likeness (QED) is 0.799. The Balaban J connectivity index is 1.99. The zero-order chi connectivity index (χ0) is 13.0. The standard InChI is InChI=1S/C13H19N5/c1-17-9-6-11(10-17)12-4-5-13(16-15-12)18(2)8-3-7-14/h4-5,11H,3,6,8-10H2,1-2H3. The number of nitriles is 1. The van der Waals surface area contributed by atoms with Gasteiger partial charge in [0.2, 0.25) is 0 Å². The molecule has 1 aromatic heterocycles. The van der Waals surface area contributed by atoms with Gasteiger partial charge in [-0.3, -0.25) is 0 Å². The van der Waals surface area contributed by atoms with Crippen LogP contribution in [0.3, 0.4) is 0 Å². The number of likely N-dealkylation sites (tertiary alicyclic amines) is 1. The molecule has 0 spiro atoms. The molecule has 1 atom stereocenters. The third kappa shape index (κ3) is 2.96. The molecule has 2 rings (SSSR count). The Morgan fingerprint density at radius 3 is 2.89 bits per heavy atom. The van der Waals surface area contributed by atoms with Gasteiger partial charge in [0.1, 0.15) is 0 Å². The van der Waals surface area contributed by atoms with Crippen LogP contribution in [0.15, 0.2) is 12.1 Å². The van der Waals surface area contributed by atoms with Gasteiger partial charge in [-0.25, -0.2) is 0 Å².